The van der Waals surface area contributed by atoms with Crippen molar-refractivity contribution in [3.05, 3.63) is 134 Å². The number of allylic oxidation sites excluding steroid dienone is 22. The number of rotatable bonds is 76. The molecule has 0 saturated carbocycles. The molecule has 0 heterocycles. The maximum absolute atomic E-state index is 13.0. The third-order valence-corrected chi connectivity index (χ3v) is 17.9. The lowest BCUT2D eigenvalue weighted by molar-refractivity contribution is -0.870. The van der Waals surface area contributed by atoms with Gasteiger partial charge in [0.05, 0.1) is 40.3 Å². The Labute approximate surface area is 611 Å². The first-order valence-corrected chi connectivity index (χ1v) is 41.3. The van der Waals surface area contributed by atoms with Gasteiger partial charge in [-0.05, 0) is 116 Å². The van der Waals surface area contributed by atoms with Crippen LogP contribution in [0.3, 0.4) is 0 Å². The minimum absolute atomic E-state index is 0.144. The average Bonchev–Trinajstić information content (AvgIpc) is 2.62. The van der Waals surface area contributed by atoms with Crippen molar-refractivity contribution in [1.29, 1.82) is 0 Å². The SMILES string of the molecule is CC/C=C\C/C=C\C/C=C\C/C=C\C/C=C\C/C=C\C/C=C\C/C=C\C/C=C\CCCCCCCCCCCCCCCC(=O)OC(COC(=O)CCCCCCCCCCCCCCCCCCCCCCC/C=C\C/C=C\CCCCCCC)COC(OCC[N+](C)(C)C)C(=O)[O-]. The lowest BCUT2D eigenvalue weighted by Crippen LogP contribution is -2.44. The van der Waals surface area contributed by atoms with Gasteiger partial charge in [0.1, 0.15) is 13.2 Å². The van der Waals surface area contributed by atoms with E-state index in [2.05, 4.69) is 148 Å². The molecule has 568 valence electrons. The van der Waals surface area contributed by atoms with Crippen LogP contribution in [-0.2, 0) is 33.3 Å². The normalized spacial score (nSPS) is 13.3. The molecule has 9 heteroatoms. The van der Waals surface area contributed by atoms with Crippen LogP contribution in [0.5, 0.6) is 0 Å². The number of likely N-dealkylation sites (N-methyl/N-ethyl adjacent to an activating group) is 1. The van der Waals surface area contributed by atoms with Crippen molar-refractivity contribution in [2.24, 2.45) is 0 Å². The summed E-state index contributed by atoms with van der Waals surface area (Å²) >= 11 is 0. The van der Waals surface area contributed by atoms with Crippen LogP contribution in [0.2, 0.25) is 0 Å². The monoisotopic (exact) mass is 1380 g/mol. The van der Waals surface area contributed by atoms with E-state index in [4.69, 9.17) is 18.9 Å². The Morgan fingerprint density at radius 2 is 0.576 bits per heavy atom. The van der Waals surface area contributed by atoms with Gasteiger partial charge in [-0.3, -0.25) is 9.59 Å². The molecule has 2 atom stereocenters. The molecule has 0 spiro atoms. The van der Waals surface area contributed by atoms with Crippen molar-refractivity contribution in [3.8, 4) is 0 Å². The van der Waals surface area contributed by atoms with Crippen molar-refractivity contribution >= 4 is 17.9 Å². The summed E-state index contributed by atoms with van der Waals surface area (Å²) in [4.78, 5) is 37.6. The van der Waals surface area contributed by atoms with Crippen LogP contribution >= 0.6 is 0 Å². The van der Waals surface area contributed by atoms with E-state index in [1.165, 1.54) is 225 Å². The standard InChI is InChI=1S/C90H155NO8/c1-6-8-10-12-14-16-18-20-22-24-26-28-30-32-34-36-38-40-41-42-43-44-45-46-47-49-51-53-55-57-59-61-63-65-67-69-71-73-75-77-79-81-88(93)99-86(85-98-90(89(94)95)96-83-82-91(3,4)5)84-97-87(92)80-78-76-74-72-70-68-66-64-62-60-58-56-54-52-50-48-39-37-35-33-31-29-27-25-23-21-19-17-15-13-11-9-7-2/h8,10,14,16,19-22,25-28,32,34,38,40,42-43,45-46,49,51,86,90H,6-7,9,11-13,15,17-18,23-24,29-31,33,35-37,39,41,44,47-48,50,52-85H2,1-5H3/b10-8-,16-14-,21-19-,22-20-,27-25-,28-26-,34-32-,40-38-,43-42-,46-45-,51-49-. The number of unbranched alkanes of at least 4 members (excludes halogenated alkanes) is 39. The Morgan fingerprint density at radius 1 is 0.313 bits per heavy atom. The van der Waals surface area contributed by atoms with Crippen LogP contribution in [0, 0.1) is 0 Å². The zero-order valence-electron chi connectivity index (χ0n) is 65.1. The Balaban J connectivity index is 4.04. The van der Waals surface area contributed by atoms with E-state index in [0.717, 1.165) is 103 Å². The summed E-state index contributed by atoms with van der Waals surface area (Å²) in [7, 11) is 5.94. The number of hydrogen-bond acceptors (Lipinski definition) is 8. The number of carbonyl (C=O) groups excluding carboxylic acids is 3. The molecule has 0 aliphatic rings. The van der Waals surface area contributed by atoms with E-state index in [0.29, 0.717) is 23.9 Å². The molecule has 0 aliphatic carbocycles. The van der Waals surface area contributed by atoms with Gasteiger partial charge in [-0.2, -0.15) is 0 Å². The number of esters is 2. The highest BCUT2D eigenvalue weighted by atomic mass is 16.7. The zero-order valence-corrected chi connectivity index (χ0v) is 65.1. The molecule has 0 radical (unpaired) electrons. The summed E-state index contributed by atoms with van der Waals surface area (Å²) in [6, 6.07) is 0. The Kier molecular flexibility index (Phi) is 75.5. The van der Waals surface area contributed by atoms with Crippen LogP contribution in [0.25, 0.3) is 0 Å². The first-order chi connectivity index (χ1) is 48.6. The molecule has 0 aromatic rings. The summed E-state index contributed by atoms with van der Waals surface area (Å²) in [5, 5.41) is 11.9. The average molecular weight is 1380 g/mol. The number of hydrogen-bond donors (Lipinski definition) is 0. The van der Waals surface area contributed by atoms with Crippen molar-refractivity contribution < 1.29 is 42.9 Å². The van der Waals surface area contributed by atoms with Crippen LogP contribution in [0.4, 0.5) is 0 Å². The lowest BCUT2D eigenvalue weighted by atomic mass is 10.0. The first-order valence-electron chi connectivity index (χ1n) is 41.3. The third kappa shape index (κ3) is 80.6. The molecule has 2 unspecified atom stereocenters. The summed E-state index contributed by atoms with van der Waals surface area (Å²) in [6.45, 7) is 4.66. The maximum atomic E-state index is 13.0. The Hall–Kier alpha value is -4.57. The van der Waals surface area contributed by atoms with E-state index in [9.17, 15) is 19.5 Å². The first kappa shape index (κ1) is 94.4. The number of carbonyl (C=O) groups is 3. The fourth-order valence-corrected chi connectivity index (χ4v) is 11.6. The van der Waals surface area contributed by atoms with Crippen LogP contribution < -0.4 is 5.11 Å². The number of quaternary nitrogens is 1. The summed E-state index contributed by atoms with van der Waals surface area (Å²) in [6.07, 6.45) is 111. The van der Waals surface area contributed by atoms with Crippen LogP contribution in [0.1, 0.15) is 361 Å². The van der Waals surface area contributed by atoms with Gasteiger partial charge in [0, 0.05) is 12.8 Å². The summed E-state index contributed by atoms with van der Waals surface area (Å²) < 4.78 is 22.9. The van der Waals surface area contributed by atoms with Crippen molar-refractivity contribution in [1.82, 2.24) is 0 Å². The van der Waals surface area contributed by atoms with Crippen molar-refractivity contribution in [3.63, 3.8) is 0 Å². The Bertz CT molecular complexity index is 2100. The second-order valence-electron chi connectivity index (χ2n) is 28.7. The molecule has 0 aromatic heterocycles. The quantitative estimate of drug-likeness (QED) is 0.0195. The molecule has 0 bridgehead atoms. The number of ether oxygens (including phenoxy) is 4. The largest absolute Gasteiger partial charge is 0.545 e. The van der Waals surface area contributed by atoms with Crippen molar-refractivity contribution in [2.75, 3.05) is 47.5 Å². The maximum Gasteiger partial charge on any atom is 0.306 e. The molecular weight excluding hydrogens is 1220 g/mol. The number of carboxylic acid groups (broad SMARTS) is 1. The smallest absolute Gasteiger partial charge is 0.306 e. The second-order valence-corrected chi connectivity index (χ2v) is 28.7. The summed E-state index contributed by atoms with van der Waals surface area (Å²) in [5.41, 5.74) is 0. The minimum Gasteiger partial charge on any atom is -0.545 e. The van der Waals surface area contributed by atoms with E-state index in [-0.39, 0.29) is 32.2 Å². The van der Waals surface area contributed by atoms with Crippen molar-refractivity contribution in [2.45, 2.75) is 373 Å². The fraction of sp³-hybridized carbons (Fsp3) is 0.722. The summed E-state index contributed by atoms with van der Waals surface area (Å²) in [5.74, 6) is -2.27. The molecule has 0 rings (SSSR count). The predicted molar refractivity (Wildman–Crippen MR) is 426 cm³/mol. The van der Waals surface area contributed by atoms with Gasteiger partial charge in [0.2, 0.25) is 0 Å². The third-order valence-electron chi connectivity index (χ3n) is 17.9. The molecule has 0 aromatic carbocycles. The Morgan fingerprint density at radius 3 is 0.859 bits per heavy atom. The van der Waals surface area contributed by atoms with Crippen LogP contribution in [-0.4, -0.2) is 82.3 Å². The number of carboxylic acids is 1. The van der Waals surface area contributed by atoms with Gasteiger partial charge in [0.15, 0.2) is 12.4 Å². The second kappa shape index (κ2) is 79.1. The van der Waals surface area contributed by atoms with E-state index >= 15 is 0 Å². The lowest BCUT2D eigenvalue weighted by Gasteiger charge is -2.26. The molecule has 0 amide bonds. The van der Waals surface area contributed by atoms with Gasteiger partial charge in [0.25, 0.3) is 0 Å². The highest BCUT2D eigenvalue weighted by molar-refractivity contribution is 5.70. The molecular formula is C90H155NO8. The zero-order chi connectivity index (χ0) is 71.8. The highest BCUT2D eigenvalue weighted by Gasteiger charge is 2.22. The van der Waals surface area contributed by atoms with Gasteiger partial charge in [-0.1, -0.05) is 366 Å². The molecule has 0 aliphatic heterocycles. The van der Waals surface area contributed by atoms with Crippen LogP contribution in [0.15, 0.2) is 134 Å². The molecule has 0 fully saturated rings. The van der Waals surface area contributed by atoms with E-state index in [1.807, 2.05) is 21.1 Å². The molecule has 9 nitrogen and oxygen atoms in total. The molecule has 0 saturated heterocycles. The van der Waals surface area contributed by atoms with Gasteiger partial charge in [-0.15, -0.1) is 0 Å². The fourth-order valence-electron chi connectivity index (χ4n) is 11.6. The number of nitrogens with zero attached hydrogens (tertiary/aromatic N) is 1. The van der Waals surface area contributed by atoms with E-state index < -0.39 is 24.3 Å². The van der Waals surface area contributed by atoms with Gasteiger partial charge in [-0.25, -0.2) is 0 Å². The minimum atomic E-state index is -1.63. The highest BCUT2D eigenvalue weighted by Crippen LogP contribution is 2.19. The topological polar surface area (TPSA) is 111 Å². The predicted octanol–water partition coefficient (Wildman–Crippen LogP) is 25.5. The van der Waals surface area contributed by atoms with Gasteiger partial charge < -0.3 is 33.3 Å². The molecule has 99 heavy (non-hydrogen) atoms. The molecule has 0 N–H and O–H groups in total. The van der Waals surface area contributed by atoms with Gasteiger partial charge >= 0.3 is 11.9 Å². The number of aliphatic carboxylic acids is 1. The van der Waals surface area contributed by atoms with E-state index in [1.54, 1.807) is 0 Å².